The first-order chi connectivity index (χ1) is 16.4. The quantitative estimate of drug-likeness (QED) is 0.334. The number of ether oxygens (including phenoxy) is 3. The lowest BCUT2D eigenvalue weighted by atomic mass is 10.2. The molecule has 4 aromatic rings. The van der Waals surface area contributed by atoms with Gasteiger partial charge in [0.1, 0.15) is 30.3 Å². The lowest BCUT2D eigenvalue weighted by Gasteiger charge is -2.14. The Morgan fingerprint density at radius 1 is 1.06 bits per heavy atom. The van der Waals surface area contributed by atoms with Crippen molar-refractivity contribution in [1.29, 1.82) is 0 Å². The van der Waals surface area contributed by atoms with Gasteiger partial charge in [-0.2, -0.15) is 0 Å². The van der Waals surface area contributed by atoms with Crippen LogP contribution < -0.4 is 19.5 Å². The van der Waals surface area contributed by atoms with Crippen molar-refractivity contribution in [2.45, 2.75) is 6.61 Å². The van der Waals surface area contributed by atoms with Gasteiger partial charge in [0.25, 0.3) is 0 Å². The first-order valence-electron chi connectivity index (χ1n) is 10.0. The average Bonchev–Trinajstić information content (AvgIpc) is 2.82. The van der Waals surface area contributed by atoms with Gasteiger partial charge in [0.2, 0.25) is 0 Å². The van der Waals surface area contributed by atoms with Crippen LogP contribution in [0.25, 0.3) is 10.9 Å². The number of carbonyl (C=O) groups is 1. The van der Waals surface area contributed by atoms with E-state index in [1.54, 1.807) is 42.5 Å². The van der Waals surface area contributed by atoms with Crippen LogP contribution in [0.3, 0.4) is 0 Å². The predicted molar refractivity (Wildman–Crippen MR) is 125 cm³/mol. The molecular formula is C24H19ClFN3O5. The molecule has 174 valence electrons. The van der Waals surface area contributed by atoms with Crippen molar-refractivity contribution in [3.63, 3.8) is 0 Å². The minimum atomic E-state index is -1.11. The Morgan fingerprint density at radius 2 is 1.91 bits per heavy atom. The summed E-state index contributed by atoms with van der Waals surface area (Å²) in [6, 6.07) is 14.5. The smallest absolute Gasteiger partial charge is 0.341 e. The molecular weight excluding hydrogens is 465 g/mol. The van der Waals surface area contributed by atoms with E-state index in [1.807, 2.05) is 0 Å². The number of carboxylic acids is 1. The highest BCUT2D eigenvalue weighted by Gasteiger charge is 2.14. The number of hydrogen-bond donors (Lipinski definition) is 2. The van der Waals surface area contributed by atoms with Crippen LogP contribution in [-0.4, -0.2) is 34.8 Å². The van der Waals surface area contributed by atoms with Gasteiger partial charge < -0.3 is 24.6 Å². The zero-order valence-corrected chi connectivity index (χ0v) is 18.7. The van der Waals surface area contributed by atoms with Crippen molar-refractivity contribution in [2.75, 3.05) is 19.0 Å². The molecule has 0 atom stereocenters. The molecule has 4 rings (SSSR count). The number of halogens is 2. The minimum Gasteiger partial charge on any atom is -0.493 e. The van der Waals surface area contributed by atoms with Crippen molar-refractivity contribution >= 4 is 40.0 Å². The average molecular weight is 484 g/mol. The molecule has 3 aromatic carbocycles. The summed E-state index contributed by atoms with van der Waals surface area (Å²) >= 11 is 6.38. The molecule has 0 unspecified atom stereocenters. The Hall–Kier alpha value is -4.11. The van der Waals surface area contributed by atoms with E-state index >= 15 is 0 Å². The maximum atomic E-state index is 13.3. The zero-order valence-electron chi connectivity index (χ0n) is 17.9. The van der Waals surface area contributed by atoms with E-state index in [1.165, 1.54) is 25.6 Å². The van der Waals surface area contributed by atoms with Gasteiger partial charge in [-0.3, -0.25) is 0 Å². The van der Waals surface area contributed by atoms with E-state index in [2.05, 4.69) is 15.3 Å². The number of hydrogen-bond acceptors (Lipinski definition) is 7. The second-order valence-electron chi connectivity index (χ2n) is 7.11. The summed E-state index contributed by atoms with van der Waals surface area (Å²) in [7, 11) is 1.45. The highest BCUT2D eigenvalue weighted by molar-refractivity contribution is 6.32. The maximum Gasteiger partial charge on any atom is 0.341 e. The molecule has 10 heteroatoms. The number of nitrogens with one attached hydrogen (secondary N) is 1. The zero-order chi connectivity index (χ0) is 24.1. The highest BCUT2D eigenvalue weighted by Crippen LogP contribution is 2.36. The Bertz CT molecular complexity index is 1350. The number of aromatic nitrogens is 2. The lowest BCUT2D eigenvalue weighted by Crippen LogP contribution is -2.10. The van der Waals surface area contributed by atoms with Gasteiger partial charge in [-0.25, -0.2) is 19.2 Å². The van der Waals surface area contributed by atoms with Crippen LogP contribution in [0, 0.1) is 5.82 Å². The molecule has 0 spiro atoms. The van der Waals surface area contributed by atoms with E-state index in [9.17, 15) is 9.18 Å². The summed E-state index contributed by atoms with van der Waals surface area (Å²) in [5.74, 6) is 0.0446. The van der Waals surface area contributed by atoms with Crippen LogP contribution in [0.2, 0.25) is 5.02 Å². The highest BCUT2D eigenvalue weighted by atomic mass is 35.5. The molecule has 1 heterocycles. The molecule has 0 fully saturated rings. The number of carboxylic acid groups (broad SMARTS) is 1. The largest absolute Gasteiger partial charge is 0.493 e. The number of nitrogens with zero attached hydrogens (tertiary/aromatic N) is 2. The summed E-state index contributed by atoms with van der Waals surface area (Å²) in [5, 5.41) is 13.0. The fourth-order valence-electron chi connectivity index (χ4n) is 3.20. The first-order valence-corrected chi connectivity index (χ1v) is 10.4. The number of fused-ring (bicyclic) bond motifs is 1. The number of aliphatic carboxylic acids is 1. The van der Waals surface area contributed by atoms with Gasteiger partial charge in [-0.15, -0.1) is 0 Å². The molecule has 0 aliphatic heterocycles. The summed E-state index contributed by atoms with van der Waals surface area (Å²) in [4.78, 5) is 19.4. The molecule has 2 N–H and O–H groups in total. The van der Waals surface area contributed by atoms with Crippen molar-refractivity contribution < 1.29 is 28.5 Å². The molecule has 34 heavy (non-hydrogen) atoms. The van der Waals surface area contributed by atoms with E-state index in [0.29, 0.717) is 44.5 Å². The molecule has 0 radical (unpaired) electrons. The van der Waals surface area contributed by atoms with Gasteiger partial charge in [0.05, 0.1) is 17.6 Å². The van der Waals surface area contributed by atoms with Crippen molar-refractivity contribution in [1.82, 2.24) is 9.97 Å². The Morgan fingerprint density at radius 3 is 2.65 bits per heavy atom. The van der Waals surface area contributed by atoms with Crippen LogP contribution in [0.4, 0.5) is 15.9 Å². The van der Waals surface area contributed by atoms with Gasteiger partial charge in [-0.1, -0.05) is 23.7 Å². The van der Waals surface area contributed by atoms with E-state index in [-0.39, 0.29) is 18.2 Å². The Kier molecular flexibility index (Phi) is 6.93. The molecule has 0 bridgehead atoms. The third kappa shape index (κ3) is 5.44. The van der Waals surface area contributed by atoms with Crippen LogP contribution in [0.5, 0.6) is 17.2 Å². The fraction of sp³-hybridized carbons (Fsp3) is 0.125. The maximum absolute atomic E-state index is 13.3. The van der Waals surface area contributed by atoms with E-state index < -0.39 is 12.6 Å². The molecule has 8 nitrogen and oxygen atoms in total. The molecule has 0 aliphatic rings. The van der Waals surface area contributed by atoms with E-state index in [4.69, 9.17) is 30.9 Å². The second-order valence-corrected chi connectivity index (χ2v) is 7.52. The SMILES string of the molecule is COc1cc2ncnc(Nc3ccc(OCc4cccc(F)c4)c(Cl)c3)c2cc1OCC(=O)O. The van der Waals surface area contributed by atoms with Crippen molar-refractivity contribution in [3.8, 4) is 17.2 Å². The van der Waals surface area contributed by atoms with Crippen LogP contribution in [-0.2, 0) is 11.4 Å². The van der Waals surface area contributed by atoms with Crippen molar-refractivity contribution in [2.24, 2.45) is 0 Å². The number of methoxy groups -OCH3 is 1. The number of anilines is 2. The Labute approximate surface area is 198 Å². The third-order valence-corrected chi connectivity index (χ3v) is 5.05. The standard InChI is InChI=1S/C24H19ClFN3O5/c1-32-21-10-19-17(9-22(21)34-12-23(30)31)24(28-13-27-19)29-16-5-6-20(18(25)8-16)33-11-14-3-2-4-15(26)7-14/h2-10,13H,11-12H2,1H3,(H,30,31)(H,27,28,29). The number of benzene rings is 3. The normalized spacial score (nSPS) is 10.7. The Balaban J connectivity index is 1.56. The molecule has 0 saturated heterocycles. The predicted octanol–water partition coefficient (Wildman–Crippen LogP) is 5.22. The lowest BCUT2D eigenvalue weighted by molar-refractivity contribution is -0.139. The number of rotatable bonds is 9. The topological polar surface area (TPSA) is 103 Å². The summed E-state index contributed by atoms with van der Waals surface area (Å²) in [6.07, 6.45) is 1.39. The van der Waals surface area contributed by atoms with Crippen molar-refractivity contribution in [3.05, 3.63) is 77.3 Å². The molecule has 0 saturated carbocycles. The van der Waals surface area contributed by atoms with Gasteiger partial charge in [0, 0.05) is 17.1 Å². The second kappa shape index (κ2) is 10.2. The third-order valence-electron chi connectivity index (χ3n) is 4.75. The summed E-state index contributed by atoms with van der Waals surface area (Å²) in [5.41, 5.74) is 1.88. The molecule has 0 aliphatic carbocycles. The van der Waals surface area contributed by atoms with Crippen LogP contribution in [0.15, 0.2) is 60.9 Å². The van der Waals surface area contributed by atoms with Gasteiger partial charge >= 0.3 is 5.97 Å². The molecule has 1 aromatic heterocycles. The minimum absolute atomic E-state index is 0.168. The van der Waals surface area contributed by atoms with Gasteiger partial charge in [-0.05, 0) is 42.0 Å². The molecule has 0 amide bonds. The van der Waals surface area contributed by atoms with Crippen LogP contribution in [0.1, 0.15) is 5.56 Å². The van der Waals surface area contributed by atoms with E-state index in [0.717, 1.165) is 0 Å². The monoisotopic (exact) mass is 483 g/mol. The fourth-order valence-corrected chi connectivity index (χ4v) is 3.43. The summed E-state index contributed by atoms with van der Waals surface area (Å²) < 4.78 is 29.7. The first kappa shape index (κ1) is 23.1. The van der Waals surface area contributed by atoms with Gasteiger partial charge in [0.15, 0.2) is 18.1 Å². The van der Waals surface area contributed by atoms with Crippen LogP contribution >= 0.6 is 11.6 Å². The summed E-state index contributed by atoms with van der Waals surface area (Å²) in [6.45, 7) is -0.354.